The summed E-state index contributed by atoms with van der Waals surface area (Å²) in [5, 5.41) is 15.1. The molecule has 0 heterocycles. The maximum atomic E-state index is 13.3. The SMILES string of the molecule is N#Cc1cc(NC(=O)[C@H](Cc2ccccc2)NC(=O)c2ccc(F)cc2)ccc1S(=O)(=O)NC1CC2CC1C2. The number of sulfonamides is 1. The van der Waals surface area contributed by atoms with Gasteiger partial charge in [-0.3, -0.25) is 9.59 Å². The second kappa shape index (κ2) is 11.0. The van der Waals surface area contributed by atoms with Gasteiger partial charge in [0, 0.05) is 23.7 Å². The van der Waals surface area contributed by atoms with Gasteiger partial charge in [-0.1, -0.05) is 30.3 Å². The summed E-state index contributed by atoms with van der Waals surface area (Å²) in [7, 11) is -3.91. The molecule has 0 saturated heterocycles. The Morgan fingerprint density at radius 1 is 1.00 bits per heavy atom. The summed E-state index contributed by atoms with van der Waals surface area (Å²) >= 11 is 0. The van der Waals surface area contributed by atoms with Crippen LogP contribution in [-0.4, -0.2) is 32.3 Å². The average Bonchev–Trinajstić information content (AvgIpc) is 3.48. The van der Waals surface area contributed by atoms with Gasteiger partial charge >= 0.3 is 0 Å². The van der Waals surface area contributed by atoms with Crippen molar-refractivity contribution in [2.75, 3.05) is 5.32 Å². The molecule has 3 aromatic carbocycles. The summed E-state index contributed by atoms with van der Waals surface area (Å²) < 4.78 is 42.1. The molecule has 10 heteroatoms. The standard InChI is InChI=1S/C29H27FN4O4S/c30-23-8-6-20(7-9-23)28(35)33-26(14-18-4-2-1-3-5-18)29(36)32-24-10-11-27(22(16-24)17-31)39(37,38)34-25-15-19-12-21(25)13-19/h1-11,16,19,21,25-26,34H,12-15H2,(H,32,36)(H,33,35)/t19?,21?,25?,26-/m0/s1. The van der Waals surface area contributed by atoms with E-state index in [1.165, 1.54) is 30.3 Å². The fourth-order valence-corrected chi connectivity index (χ4v) is 6.78. The van der Waals surface area contributed by atoms with Crippen molar-refractivity contribution in [1.82, 2.24) is 10.0 Å². The lowest BCUT2D eigenvalue weighted by atomic mass is 9.84. The van der Waals surface area contributed by atoms with Gasteiger partial charge in [0.25, 0.3) is 5.91 Å². The Labute approximate surface area is 226 Å². The maximum Gasteiger partial charge on any atom is 0.251 e. The van der Waals surface area contributed by atoms with Crippen LogP contribution < -0.4 is 15.4 Å². The van der Waals surface area contributed by atoms with E-state index in [0.29, 0.717) is 11.8 Å². The van der Waals surface area contributed by atoms with Gasteiger partial charge in [0.2, 0.25) is 15.9 Å². The van der Waals surface area contributed by atoms with Crippen LogP contribution >= 0.6 is 0 Å². The molecule has 8 nitrogen and oxygen atoms in total. The first kappa shape index (κ1) is 26.5. The highest BCUT2D eigenvalue weighted by atomic mass is 32.2. The molecule has 2 amide bonds. The first-order valence-electron chi connectivity index (χ1n) is 12.7. The van der Waals surface area contributed by atoms with Crippen LogP contribution in [-0.2, 0) is 21.2 Å². The van der Waals surface area contributed by atoms with Gasteiger partial charge in [-0.25, -0.2) is 17.5 Å². The minimum absolute atomic E-state index is 0.0967. The van der Waals surface area contributed by atoms with Crippen LogP contribution in [0.1, 0.15) is 40.7 Å². The molecule has 39 heavy (non-hydrogen) atoms. The van der Waals surface area contributed by atoms with Crippen LogP contribution in [0.2, 0.25) is 0 Å². The number of carbonyl (C=O) groups is 2. The molecular weight excluding hydrogens is 519 g/mol. The topological polar surface area (TPSA) is 128 Å². The van der Waals surface area contributed by atoms with E-state index in [1.54, 1.807) is 0 Å². The van der Waals surface area contributed by atoms with Crippen LogP contribution in [0, 0.1) is 29.0 Å². The molecule has 3 fully saturated rings. The van der Waals surface area contributed by atoms with Crippen molar-refractivity contribution in [3.63, 3.8) is 0 Å². The Hall–Kier alpha value is -4.07. The average molecular weight is 547 g/mol. The molecule has 6 rings (SSSR count). The van der Waals surface area contributed by atoms with E-state index in [0.717, 1.165) is 37.0 Å². The van der Waals surface area contributed by atoms with E-state index in [2.05, 4.69) is 15.4 Å². The molecule has 3 aliphatic carbocycles. The first-order chi connectivity index (χ1) is 18.7. The fraction of sp³-hybridized carbons (Fsp3) is 0.276. The Balaban J connectivity index is 1.33. The lowest BCUT2D eigenvalue weighted by Crippen LogP contribution is -2.45. The highest BCUT2D eigenvalue weighted by molar-refractivity contribution is 7.89. The summed E-state index contributed by atoms with van der Waals surface area (Å²) in [6.07, 6.45) is 3.05. The zero-order valence-corrected chi connectivity index (χ0v) is 21.7. The lowest BCUT2D eigenvalue weighted by Gasteiger charge is -2.24. The van der Waals surface area contributed by atoms with Crippen molar-refractivity contribution in [2.24, 2.45) is 11.8 Å². The number of nitriles is 1. The second-order valence-corrected chi connectivity index (χ2v) is 11.8. The highest BCUT2D eigenvalue weighted by Crippen LogP contribution is 2.48. The van der Waals surface area contributed by atoms with Crippen molar-refractivity contribution in [3.8, 4) is 6.07 Å². The summed E-state index contributed by atoms with van der Waals surface area (Å²) in [5.41, 5.74) is 1.11. The van der Waals surface area contributed by atoms with E-state index in [-0.39, 0.29) is 34.2 Å². The molecular formula is C29H27FN4O4S. The molecule has 3 saturated carbocycles. The Bertz CT molecular complexity index is 1530. The monoisotopic (exact) mass is 546 g/mol. The predicted octanol–water partition coefficient (Wildman–Crippen LogP) is 3.75. The van der Waals surface area contributed by atoms with Gasteiger partial charge in [-0.05, 0) is 79.1 Å². The summed E-state index contributed by atoms with van der Waals surface area (Å²) in [6.45, 7) is 0. The minimum atomic E-state index is -3.91. The Kier molecular flexibility index (Phi) is 7.46. The summed E-state index contributed by atoms with van der Waals surface area (Å²) in [5.74, 6) is -0.679. The normalized spacial score (nSPS) is 20.4. The molecule has 200 valence electrons. The molecule has 3 aromatic rings. The molecule has 0 spiro atoms. The fourth-order valence-electron chi connectivity index (χ4n) is 5.33. The number of nitrogens with zero attached hydrogens (tertiary/aromatic N) is 1. The van der Waals surface area contributed by atoms with Crippen LogP contribution in [0.3, 0.4) is 0 Å². The number of benzene rings is 3. The van der Waals surface area contributed by atoms with Crippen LogP contribution in [0.4, 0.5) is 10.1 Å². The summed E-state index contributed by atoms with van der Waals surface area (Å²) in [4.78, 5) is 26.0. The molecule has 0 aromatic heterocycles. The van der Waals surface area contributed by atoms with Crippen molar-refractivity contribution in [1.29, 1.82) is 5.26 Å². The van der Waals surface area contributed by atoms with E-state index in [9.17, 15) is 27.7 Å². The minimum Gasteiger partial charge on any atom is -0.340 e. The number of nitrogens with one attached hydrogen (secondary N) is 3. The van der Waals surface area contributed by atoms with Crippen molar-refractivity contribution in [2.45, 2.75) is 42.7 Å². The van der Waals surface area contributed by atoms with Crippen LogP contribution in [0.15, 0.2) is 77.7 Å². The van der Waals surface area contributed by atoms with E-state index < -0.39 is 33.7 Å². The van der Waals surface area contributed by atoms with Crippen molar-refractivity contribution >= 4 is 27.5 Å². The van der Waals surface area contributed by atoms with Crippen LogP contribution in [0.25, 0.3) is 0 Å². The number of rotatable bonds is 9. The molecule has 3 N–H and O–H groups in total. The van der Waals surface area contributed by atoms with Gasteiger partial charge in [-0.15, -0.1) is 0 Å². The number of anilines is 1. The number of fused-ring (bicyclic) bond motifs is 1. The molecule has 0 radical (unpaired) electrons. The van der Waals surface area contributed by atoms with E-state index in [4.69, 9.17) is 0 Å². The number of hydrogen-bond acceptors (Lipinski definition) is 5. The van der Waals surface area contributed by atoms with Gasteiger partial charge < -0.3 is 10.6 Å². The number of amides is 2. The van der Waals surface area contributed by atoms with Gasteiger partial charge in [0.1, 0.15) is 17.9 Å². The highest BCUT2D eigenvalue weighted by Gasteiger charge is 2.45. The number of hydrogen-bond donors (Lipinski definition) is 3. The van der Waals surface area contributed by atoms with E-state index >= 15 is 0 Å². The first-order valence-corrected chi connectivity index (χ1v) is 14.2. The van der Waals surface area contributed by atoms with Crippen LogP contribution in [0.5, 0.6) is 0 Å². The lowest BCUT2D eigenvalue weighted by molar-refractivity contribution is -0.118. The van der Waals surface area contributed by atoms with Gasteiger partial charge in [0.05, 0.1) is 10.5 Å². The number of halogens is 1. The van der Waals surface area contributed by atoms with E-state index in [1.807, 2.05) is 36.4 Å². The Morgan fingerprint density at radius 2 is 1.72 bits per heavy atom. The number of carbonyl (C=O) groups excluding carboxylic acids is 2. The third kappa shape index (κ3) is 6.00. The Morgan fingerprint density at radius 3 is 2.36 bits per heavy atom. The smallest absolute Gasteiger partial charge is 0.251 e. The third-order valence-electron chi connectivity index (χ3n) is 7.40. The largest absolute Gasteiger partial charge is 0.340 e. The van der Waals surface area contributed by atoms with Crippen molar-refractivity contribution in [3.05, 3.63) is 95.3 Å². The predicted molar refractivity (Wildman–Crippen MR) is 143 cm³/mol. The third-order valence-corrected chi connectivity index (χ3v) is 8.95. The second-order valence-electron chi connectivity index (χ2n) is 10.1. The quantitative estimate of drug-likeness (QED) is 0.377. The zero-order chi connectivity index (χ0) is 27.6. The maximum absolute atomic E-state index is 13.3. The van der Waals surface area contributed by atoms with Gasteiger partial charge in [-0.2, -0.15) is 5.26 Å². The molecule has 2 bridgehead atoms. The molecule has 1 unspecified atom stereocenters. The molecule has 2 atom stereocenters. The molecule has 3 aliphatic rings. The molecule has 0 aliphatic heterocycles. The van der Waals surface area contributed by atoms with Crippen molar-refractivity contribution < 1.29 is 22.4 Å². The zero-order valence-electron chi connectivity index (χ0n) is 20.9. The summed E-state index contributed by atoms with van der Waals surface area (Å²) in [6, 6.07) is 18.9. The van der Waals surface area contributed by atoms with Gasteiger partial charge in [0.15, 0.2) is 0 Å².